The molecule has 0 saturated carbocycles. The number of hydrogen-bond donors (Lipinski definition) is 0. The van der Waals surface area contributed by atoms with Crippen LogP contribution in [0.25, 0.3) is 33.0 Å². The fourth-order valence-corrected chi connectivity index (χ4v) is 4.09. The van der Waals surface area contributed by atoms with E-state index in [2.05, 4.69) is 11.7 Å². The van der Waals surface area contributed by atoms with Gasteiger partial charge in [0.05, 0.1) is 5.56 Å². The van der Waals surface area contributed by atoms with Gasteiger partial charge in [-0.3, -0.25) is 0 Å². The summed E-state index contributed by atoms with van der Waals surface area (Å²) in [5.74, 6) is -3.79. The summed E-state index contributed by atoms with van der Waals surface area (Å²) in [6.45, 7) is 2.13. The van der Waals surface area contributed by atoms with E-state index in [4.69, 9.17) is 0 Å². The largest absolute Gasteiger partial charge is 0.573 e. The van der Waals surface area contributed by atoms with E-state index in [1.165, 1.54) is 36.4 Å². The Kier molecular flexibility index (Phi) is 7.05. The molecule has 0 amide bonds. The van der Waals surface area contributed by atoms with Crippen molar-refractivity contribution in [3.8, 4) is 28.0 Å². The molecule has 0 bridgehead atoms. The summed E-state index contributed by atoms with van der Waals surface area (Å²) in [6, 6.07) is 15.8. The van der Waals surface area contributed by atoms with Crippen molar-refractivity contribution in [3.05, 3.63) is 89.7 Å². The van der Waals surface area contributed by atoms with E-state index in [-0.39, 0.29) is 21.9 Å². The van der Waals surface area contributed by atoms with Crippen LogP contribution in [0.1, 0.15) is 31.7 Å². The highest BCUT2D eigenvalue weighted by Crippen LogP contribution is 2.36. The molecule has 0 aromatic heterocycles. The third kappa shape index (κ3) is 5.61. The average Bonchev–Trinajstić information content (AvgIpc) is 2.80. The van der Waals surface area contributed by atoms with E-state index < -0.39 is 29.6 Å². The first-order chi connectivity index (χ1) is 16.7. The zero-order valence-corrected chi connectivity index (χ0v) is 18.9. The zero-order chi connectivity index (χ0) is 25.2. The number of halogens is 6. The van der Waals surface area contributed by atoms with Crippen LogP contribution in [0.2, 0.25) is 0 Å². The van der Waals surface area contributed by atoms with E-state index in [1.807, 2.05) is 24.3 Å². The number of fused-ring (bicyclic) bond motifs is 1. The standard InChI is InChI=1S/C28H22F6O/c1-2-3-4-5-17-6-8-18(9-7-17)21-15-23(29)26(24(30)16-21)20-10-12-22-19(14-20)11-13-25(27(22)31)35-28(32,33)34/h6-16H,2-5H2,1H3. The summed E-state index contributed by atoms with van der Waals surface area (Å²) in [4.78, 5) is 0. The average molecular weight is 488 g/mol. The monoisotopic (exact) mass is 488 g/mol. The Morgan fingerprint density at radius 3 is 2.00 bits per heavy atom. The Bertz CT molecular complexity index is 1320. The van der Waals surface area contributed by atoms with Crippen molar-refractivity contribution < 1.29 is 31.1 Å². The van der Waals surface area contributed by atoms with Crippen molar-refractivity contribution in [2.45, 2.75) is 39.0 Å². The van der Waals surface area contributed by atoms with Crippen LogP contribution in [0.15, 0.2) is 66.7 Å². The number of benzene rings is 4. The van der Waals surface area contributed by atoms with E-state index >= 15 is 8.78 Å². The number of hydrogen-bond acceptors (Lipinski definition) is 1. The van der Waals surface area contributed by atoms with Gasteiger partial charge >= 0.3 is 6.36 Å². The van der Waals surface area contributed by atoms with Crippen LogP contribution in [-0.4, -0.2) is 6.36 Å². The molecular formula is C28H22F6O. The first-order valence-corrected chi connectivity index (χ1v) is 11.2. The second-order valence-corrected chi connectivity index (χ2v) is 8.33. The van der Waals surface area contributed by atoms with Gasteiger partial charge in [0.2, 0.25) is 0 Å². The fourth-order valence-electron chi connectivity index (χ4n) is 4.09. The summed E-state index contributed by atoms with van der Waals surface area (Å²) >= 11 is 0. The maximum absolute atomic E-state index is 15.0. The lowest BCUT2D eigenvalue weighted by Crippen LogP contribution is -2.18. The molecular weight excluding hydrogens is 466 g/mol. The van der Waals surface area contributed by atoms with Gasteiger partial charge in [-0.1, -0.05) is 62.2 Å². The lowest BCUT2D eigenvalue weighted by atomic mass is 9.96. The molecule has 7 heteroatoms. The van der Waals surface area contributed by atoms with Crippen LogP contribution in [0.4, 0.5) is 26.3 Å². The van der Waals surface area contributed by atoms with Crippen molar-refractivity contribution in [1.82, 2.24) is 0 Å². The van der Waals surface area contributed by atoms with Crippen molar-refractivity contribution in [3.63, 3.8) is 0 Å². The topological polar surface area (TPSA) is 9.23 Å². The molecule has 4 rings (SSSR count). The van der Waals surface area contributed by atoms with E-state index in [0.29, 0.717) is 11.1 Å². The van der Waals surface area contributed by atoms with Gasteiger partial charge < -0.3 is 4.74 Å². The molecule has 0 radical (unpaired) electrons. The van der Waals surface area contributed by atoms with Crippen molar-refractivity contribution in [2.24, 2.45) is 0 Å². The third-order valence-electron chi connectivity index (χ3n) is 5.83. The smallest absolute Gasteiger partial charge is 0.403 e. The van der Waals surface area contributed by atoms with E-state index in [0.717, 1.165) is 37.3 Å². The minimum atomic E-state index is -5.04. The van der Waals surface area contributed by atoms with Gasteiger partial charge in [0.15, 0.2) is 11.6 Å². The summed E-state index contributed by atoms with van der Waals surface area (Å²) < 4.78 is 85.6. The Morgan fingerprint density at radius 2 is 1.37 bits per heavy atom. The van der Waals surface area contributed by atoms with Crippen LogP contribution in [0.3, 0.4) is 0 Å². The number of rotatable bonds is 7. The summed E-state index contributed by atoms with van der Waals surface area (Å²) in [6.07, 6.45) is -0.744. The minimum Gasteiger partial charge on any atom is -0.403 e. The second-order valence-electron chi connectivity index (χ2n) is 8.33. The lowest BCUT2D eigenvalue weighted by Gasteiger charge is -2.13. The van der Waals surface area contributed by atoms with Crippen LogP contribution in [-0.2, 0) is 6.42 Å². The number of aryl methyl sites for hydroxylation is 1. The Hall–Kier alpha value is -3.48. The molecule has 0 saturated heterocycles. The Balaban J connectivity index is 1.64. The fraction of sp³-hybridized carbons (Fsp3) is 0.214. The van der Waals surface area contributed by atoms with Crippen molar-refractivity contribution in [2.75, 3.05) is 0 Å². The lowest BCUT2D eigenvalue weighted by molar-refractivity contribution is -0.275. The number of unbranched alkanes of at least 4 members (excludes halogenated alkanes) is 2. The van der Waals surface area contributed by atoms with Gasteiger partial charge in [0.25, 0.3) is 0 Å². The normalized spacial score (nSPS) is 11.7. The van der Waals surface area contributed by atoms with Gasteiger partial charge in [0, 0.05) is 5.39 Å². The van der Waals surface area contributed by atoms with Gasteiger partial charge in [-0.25, -0.2) is 13.2 Å². The molecule has 35 heavy (non-hydrogen) atoms. The molecule has 4 aromatic rings. The predicted molar refractivity (Wildman–Crippen MR) is 125 cm³/mol. The highest BCUT2D eigenvalue weighted by atomic mass is 19.4. The quantitative estimate of drug-likeness (QED) is 0.186. The summed E-state index contributed by atoms with van der Waals surface area (Å²) in [5.41, 5.74) is 2.04. The summed E-state index contributed by atoms with van der Waals surface area (Å²) in [7, 11) is 0. The third-order valence-corrected chi connectivity index (χ3v) is 5.83. The van der Waals surface area contributed by atoms with Gasteiger partial charge in [-0.15, -0.1) is 13.2 Å². The van der Waals surface area contributed by atoms with Crippen LogP contribution < -0.4 is 4.74 Å². The molecule has 1 nitrogen and oxygen atoms in total. The Labute approximate surface area is 199 Å². The van der Waals surface area contributed by atoms with Crippen molar-refractivity contribution in [1.29, 1.82) is 0 Å². The van der Waals surface area contributed by atoms with Crippen LogP contribution in [0, 0.1) is 17.5 Å². The number of alkyl halides is 3. The summed E-state index contributed by atoms with van der Waals surface area (Å²) in [5, 5.41) is 0.0167. The molecule has 0 fully saturated rings. The highest BCUT2D eigenvalue weighted by molar-refractivity contribution is 5.89. The van der Waals surface area contributed by atoms with E-state index in [9.17, 15) is 17.6 Å². The molecule has 4 aromatic carbocycles. The van der Waals surface area contributed by atoms with Crippen LogP contribution >= 0.6 is 0 Å². The van der Waals surface area contributed by atoms with Gasteiger partial charge in [0.1, 0.15) is 11.6 Å². The second kappa shape index (κ2) is 10.0. The number of ether oxygens (including phenoxy) is 1. The van der Waals surface area contributed by atoms with Gasteiger partial charge in [-0.05, 0) is 64.7 Å². The molecule has 0 heterocycles. The molecule has 0 atom stereocenters. The Morgan fingerprint density at radius 1 is 0.714 bits per heavy atom. The van der Waals surface area contributed by atoms with Gasteiger partial charge in [-0.2, -0.15) is 0 Å². The molecule has 0 N–H and O–H groups in total. The predicted octanol–water partition coefficient (Wildman–Crippen LogP) is 9.22. The molecule has 0 aliphatic rings. The zero-order valence-electron chi connectivity index (χ0n) is 18.9. The molecule has 0 aliphatic carbocycles. The van der Waals surface area contributed by atoms with E-state index in [1.54, 1.807) is 0 Å². The molecule has 0 aliphatic heterocycles. The maximum Gasteiger partial charge on any atom is 0.573 e. The SMILES string of the molecule is CCCCCc1ccc(-c2cc(F)c(-c3ccc4c(F)c(OC(F)(F)F)ccc4c3)c(F)c2)cc1. The van der Waals surface area contributed by atoms with Crippen molar-refractivity contribution >= 4 is 10.8 Å². The minimum absolute atomic E-state index is 0.134. The molecule has 0 unspecified atom stereocenters. The molecule has 0 spiro atoms. The molecule has 182 valence electrons. The first-order valence-electron chi connectivity index (χ1n) is 11.2. The highest BCUT2D eigenvalue weighted by Gasteiger charge is 2.32. The van der Waals surface area contributed by atoms with Crippen LogP contribution in [0.5, 0.6) is 5.75 Å². The first kappa shape index (κ1) is 24.6. The maximum atomic E-state index is 15.0.